The summed E-state index contributed by atoms with van der Waals surface area (Å²) in [5.74, 6) is 3.59. The maximum atomic E-state index is 5.43. The normalized spacial score (nSPS) is 10.5. The molecular formula is C18H22N6O2. The average molecular weight is 354 g/mol. The lowest BCUT2D eigenvalue weighted by atomic mass is 10.2. The van der Waals surface area contributed by atoms with Crippen LogP contribution in [0.15, 0.2) is 36.5 Å². The topological polar surface area (TPSA) is 88.2 Å². The Balaban J connectivity index is 1.75. The molecule has 8 heteroatoms. The van der Waals surface area contributed by atoms with Gasteiger partial charge < -0.3 is 19.7 Å². The van der Waals surface area contributed by atoms with Crippen LogP contribution in [-0.4, -0.2) is 48.5 Å². The largest absolute Gasteiger partial charge is 0.497 e. The highest BCUT2D eigenvalue weighted by molar-refractivity contribution is 5.60. The second kappa shape index (κ2) is 7.73. The number of rotatable bonds is 7. The fourth-order valence-electron chi connectivity index (χ4n) is 2.44. The number of ether oxygens (including phenoxy) is 2. The summed E-state index contributed by atoms with van der Waals surface area (Å²) in [6.45, 7) is 0.572. The van der Waals surface area contributed by atoms with Crippen LogP contribution >= 0.6 is 0 Å². The van der Waals surface area contributed by atoms with Crippen LogP contribution in [0, 0.1) is 0 Å². The lowest BCUT2D eigenvalue weighted by Crippen LogP contribution is -2.10. The molecule has 0 aliphatic rings. The first-order valence-corrected chi connectivity index (χ1v) is 8.11. The third-order valence-corrected chi connectivity index (χ3v) is 3.86. The molecule has 0 unspecified atom stereocenters. The summed E-state index contributed by atoms with van der Waals surface area (Å²) < 4.78 is 10.7. The van der Waals surface area contributed by atoms with Gasteiger partial charge in [0, 0.05) is 44.0 Å². The van der Waals surface area contributed by atoms with Crippen molar-refractivity contribution < 1.29 is 9.47 Å². The van der Waals surface area contributed by atoms with Gasteiger partial charge in [-0.15, -0.1) is 5.10 Å². The molecule has 2 heterocycles. The van der Waals surface area contributed by atoms with E-state index in [4.69, 9.17) is 9.47 Å². The molecule has 1 aromatic carbocycles. The van der Waals surface area contributed by atoms with Crippen molar-refractivity contribution in [1.29, 1.82) is 0 Å². The Morgan fingerprint density at radius 1 is 1.12 bits per heavy atom. The fraction of sp³-hybridized carbons (Fsp3) is 0.278. The van der Waals surface area contributed by atoms with Crippen LogP contribution in [0.1, 0.15) is 5.56 Å². The van der Waals surface area contributed by atoms with E-state index in [9.17, 15) is 0 Å². The monoisotopic (exact) mass is 354 g/mol. The molecule has 0 saturated carbocycles. The SMILES string of the molecule is COc1ccc(CNc2cc(-c3nc(N(C)C)n[nH]3)ccn2)c(OC)c1. The van der Waals surface area contributed by atoms with E-state index in [1.165, 1.54) is 0 Å². The van der Waals surface area contributed by atoms with Gasteiger partial charge >= 0.3 is 0 Å². The Morgan fingerprint density at radius 2 is 1.96 bits per heavy atom. The van der Waals surface area contributed by atoms with E-state index in [0.29, 0.717) is 18.3 Å². The molecule has 8 nitrogen and oxygen atoms in total. The summed E-state index contributed by atoms with van der Waals surface area (Å²) >= 11 is 0. The zero-order valence-corrected chi connectivity index (χ0v) is 15.3. The van der Waals surface area contributed by atoms with Gasteiger partial charge in [0.05, 0.1) is 14.2 Å². The van der Waals surface area contributed by atoms with Crippen LogP contribution in [0.5, 0.6) is 11.5 Å². The third-order valence-electron chi connectivity index (χ3n) is 3.86. The van der Waals surface area contributed by atoms with E-state index in [-0.39, 0.29) is 0 Å². The van der Waals surface area contributed by atoms with E-state index in [2.05, 4.69) is 25.5 Å². The predicted octanol–water partition coefficient (Wildman–Crippen LogP) is 2.56. The minimum absolute atomic E-state index is 0.572. The van der Waals surface area contributed by atoms with Crippen LogP contribution < -0.4 is 19.7 Å². The Bertz CT molecular complexity index is 878. The number of H-pyrrole nitrogens is 1. The van der Waals surface area contributed by atoms with Crippen molar-refractivity contribution in [1.82, 2.24) is 20.2 Å². The van der Waals surface area contributed by atoms with Crippen molar-refractivity contribution in [2.75, 3.05) is 38.5 Å². The number of aromatic amines is 1. The van der Waals surface area contributed by atoms with Gasteiger partial charge in [0.1, 0.15) is 17.3 Å². The molecule has 0 atom stereocenters. The summed E-state index contributed by atoms with van der Waals surface area (Å²) in [5, 5.41) is 10.4. The maximum absolute atomic E-state index is 5.43. The predicted molar refractivity (Wildman–Crippen MR) is 101 cm³/mol. The molecule has 0 amide bonds. The maximum Gasteiger partial charge on any atom is 0.244 e. The van der Waals surface area contributed by atoms with Gasteiger partial charge in [-0.2, -0.15) is 4.98 Å². The van der Waals surface area contributed by atoms with E-state index in [1.54, 1.807) is 20.4 Å². The molecule has 0 radical (unpaired) electrons. The number of aromatic nitrogens is 4. The molecule has 3 aromatic rings. The molecule has 0 spiro atoms. The van der Waals surface area contributed by atoms with Crippen LogP contribution in [0.2, 0.25) is 0 Å². The second-order valence-electron chi connectivity index (χ2n) is 5.84. The third kappa shape index (κ3) is 3.85. The van der Waals surface area contributed by atoms with Gasteiger partial charge in [-0.3, -0.25) is 5.10 Å². The number of benzene rings is 1. The number of anilines is 2. The van der Waals surface area contributed by atoms with Gasteiger partial charge in [-0.05, 0) is 24.3 Å². The molecule has 3 rings (SSSR count). The van der Waals surface area contributed by atoms with Crippen LogP contribution in [0.4, 0.5) is 11.8 Å². The van der Waals surface area contributed by atoms with E-state index in [0.717, 1.165) is 28.4 Å². The van der Waals surface area contributed by atoms with Crippen molar-refractivity contribution in [2.45, 2.75) is 6.54 Å². The molecule has 2 aromatic heterocycles. The van der Waals surface area contributed by atoms with E-state index in [1.807, 2.05) is 49.3 Å². The Hall–Kier alpha value is -3.29. The van der Waals surface area contributed by atoms with Crippen molar-refractivity contribution >= 4 is 11.8 Å². The number of nitrogens with zero attached hydrogens (tertiary/aromatic N) is 4. The van der Waals surface area contributed by atoms with Crippen molar-refractivity contribution in [3.8, 4) is 22.9 Å². The zero-order chi connectivity index (χ0) is 18.5. The Labute approximate surface area is 152 Å². The molecule has 0 fully saturated rings. The number of hydrogen-bond acceptors (Lipinski definition) is 7. The number of hydrogen-bond donors (Lipinski definition) is 2. The fourth-order valence-corrected chi connectivity index (χ4v) is 2.44. The van der Waals surface area contributed by atoms with Gasteiger partial charge in [-0.25, -0.2) is 4.98 Å². The first-order chi connectivity index (χ1) is 12.6. The lowest BCUT2D eigenvalue weighted by molar-refractivity contribution is 0.391. The van der Waals surface area contributed by atoms with E-state index >= 15 is 0 Å². The number of methoxy groups -OCH3 is 2. The molecule has 0 saturated heterocycles. The quantitative estimate of drug-likeness (QED) is 0.674. The zero-order valence-electron chi connectivity index (χ0n) is 15.3. The Kier molecular flexibility index (Phi) is 5.21. The standard InChI is InChI=1S/C18H22N6O2/c1-24(2)18-21-17(22-23-18)12-7-8-19-16(9-12)20-11-13-5-6-14(25-3)10-15(13)26-4/h5-10H,11H2,1-4H3,(H,19,20)(H,21,22,23). The molecule has 26 heavy (non-hydrogen) atoms. The van der Waals surface area contributed by atoms with Gasteiger partial charge in [0.15, 0.2) is 5.82 Å². The number of pyridine rings is 1. The lowest BCUT2D eigenvalue weighted by Gasteiger charge is -2.12. The smallest absolute Gasteiger partial charge is 0.244 e. The van der Waals surface area contributed by atoms with Crippen LogP contribution in [-0.2, 0) is 6.54 Å². The van der Waals surface area contributed by atoms with Crippen molar-refractivity contribution in [3.63, 3.8) is 0 Å². The molecule has 2 N–H and O–H groups in total. The highest BCUT2D eigenvalue weighted by atomic mass is 16.5. The molecule has 0 aliphatic carbocycles. The molecule has 136 valence electrons. The number of nitrogens with one attached hydrogen (secondary N) is 2. The summed E-state index contributed by atoms with van der Waals surface area (Å²) in [6.07, 6.45) is 1.74. The van der Waals surface area contributed by atoms with E-state index < -0.39 is 0 Å². The van der Waals surface area contributed by atoms with Crippen molar-refractivity contribution in [3.05, 3.63) is 42.1 Å². The Morgan fingerprint density at radius 3 is 2.65 bits per heavy atom. The summed E-state index contributed by atoms with van der Waals surface area (Å²) in [6, 6.07) is 9.54. The minimum Gasteiger partial charge on any atom is -0.497 e. The second-order valence-corrected chi connectivity index (χ2v) is 5.84. The van der Waals surface area contributed by atoms with Crippen molar-refractivity contribution in [2.24, 2.45) is 0 Å². The highest BCUT2D eigenvalue weighted by Crippen LogP contribution is 2.25. The van der Waals surface area contributed by atoms with Gasteiger partial charge in [0.2, 0.25) is 5.95 Å². The van der Waals surface area contributed by atoms with Gasteiger partial charge in [-0.1, -0.05) is 0 Å². The summed E-state index contributed by atoms with van der Waals surface area (Å²) in [7, 11) is 7.07. The molecule has 0 bridgehead atoms. The summed E-state index contributed by atoms with van der Waals surface area (Å²) in [5.41, 5.74) is 1.92. The van der Waals surface area contributed by atoms with Crippen LogP contribution in [0.3, 0.4) is 0 Å². The molecular weight excluding hydrogens is 332 g/mol. The minimum atomic E-state index is 0.572. The molecule has 0 aliphatic heterocycles. The highest BCUT2D eigenvalue weighted by Gasteiger charge is 2.09. The van der Waals surface area contributed by atoms with Crippen LogP contribution in [0.25, 0.3) is 11.4 Å². The summed E-state index contributed by atoms with van der Waals surface area (Å²) in [4.78, 5) is 10.7. The average Bonchev–Trinajstić information content (AvgIpc) is 3.17. The first-order valence-electron chi connectivity index (χ1n) is 8.11. The van der Waals surface area contributed by atoms with Gasteiger partial charge in [0.25, 0.3) is 0 Å². The first kappa shape index (κ1) is 17.5.